The number of rotatable bonds is 11. The van der Waals surface area contributed by atoms with Crippen LogP contribution in [0.5, 0.6) is 5.75 Å². The Balaban J connectivity index is 1.74. The number of benzene rings is 2. The smallest absolute Gasteiger partial charge is 0.326 e. The van der Waals surface area contributed by atoms with E-state index in [1.54, 1.807) is 42.5 Å². The maximum absolute atomic E-state index is 13.4. The van der Waals surface area contributed by atoms with Crippen molar-refractivity contribution in [1.29, 1.82) is 0 Å². The van der Waals surface area contributed by atoms with Crippen LogP contribution in [0, 0.1) is 0 Å². The molecule has 0 spiro atoms. The van der Waals surface area contributed by atoms with Gasteiger partial charge in [-0.1, -0.05) is 42.5 Å². The molecule has 11 nitrogen and oxygen atoms in total. The van der Waals surface area contributed by atoms with E-state index in [1.165, 1.54) is 24.0 Å². The lowest BCUT2D eigenvalue weighted by Gasteiger charge is -2.29. The zero-order valence-electron chi connectivity index (χ0n) is 21.1. The molecule has 0 saturated carbocycles. The maximum Gasteiger partial charge on any atom is 0.326 e. The quantitative estimate of drug-likeness (QED) is 0.235. The van der Waals surface area contributed by atoms with Gasteiger partial charge in [-0.05, 0) is 49.4 Å². The Morgan fingerprint density at radius 3 is 2.21 bits per heavy atom. The Morgan fingerprint density at radius 1 is 0.974 bits per heavy atom. The highest BCUT2D eigenvalue weighted by atomic mass is 16.4. The lowest BCUT2D eigenvalue weighted by molar-refractivity contribution is -0.149. The van der Waals surface area contributed by atoms with Crippen LogP contribution in [-0.2, 0) is 32.0 Å². The number of hydrogen-bond donors (Lipinski definition) is 6. The second-order valence-corrected chi connectivity index (χ2v) is 9.48. The fraction of sp³-hybridized carbons (Fsp3) is 0.407. The van der Waals surface area contributed by atoms with Gasteiger partial charge in [-0.15, -0.1) is 0 Å². The number of carboxylic acids is 1. The zero-order valence-corrected chi connectivity index (χ0v) is 21.1. The van der Waals surface area contributed by atoms with Crippen molar-refractivity contribution >= 4 is 23.7 Å². The monoisotopic (exact) mass is 526 g/mol. The average molecular weight is 527 g/mol. The van der Waals surface area contributed by atoms with Crippen LogP contribution in [0.3, 0.4) is 0 Å². The van der Waals surface area contributed by atoms with Gasteiger partial charge in [0, 0.05) is 13.0 Å². The largest absolute Gasteiger partial charge is 0.508 e. The first-order valence-electron chi connectivity index (χ1n) is 12.5. The molecular formula is C27H34N4O7. The Hall–Kier alpha value is -3.96. The molecule has 1 saturated heterocycles. The van der Waals surface area contributed by atoms with Gasteiger partial charge in [0.25, 0.3) is 0 Å². The van der Waals surface area contributed by atoms with Gasteiger partial charge in [0.15, 0.2) is 0 Å². The molecule has 5 unspecified atom stereocenters. The lowest BCUT2D eigenvalue weighted by Crippen LogP contribution is -2.60. The summed E-state index contributed by atoms with van der Waals surface area (Å²) >= 11 is 0. The first-order chi connectivity index (χ1) is 18.1. The minimum atomic E-state index is -1.41. The van der Waals surface area contributed by atoms with Crippen molar-refractivity contribution in [3.05, 3.63) is 65.7 Å². The molecule has 0 aromatic heterocycles. The van der Waals surface area contributed by atoms with Crippen molar-refractivity contribution < 1.29 is 34.5 Å². The van der Waals surface area contributed by atoms with Crippen LogP contribution in [0.2, 0.25) is 0 Å². The van der Waals surface area contributed by atoms with Crippen LogP contribution in [0.1, 0.15) is 30.9 Å². The number of phenols is 1. The number of hydrogen-bond acceptors (Lipinski definition) is 7. The SMILES string of the molecule is CC(O)C(NC(=O)C(N)Cc1ccc(O)cc1)C(=O)NC(Cc1ccccc1)C(=O)N1CCCC1C(=O)O. The van der Waals surface area contributed by atoms with Gasteiger partial charge in [0.1, 0.15) is 23.9 Å². The van der Waals surface area contributed by atoms with E-state index in [-0.39, 0.29) is 25.1 Å². The summed E-state index contributed by atoms with van der Waals surface area (Å²) < 4.78 is 0. The summed E-state index contributed by atoms with van der Waals surface area (Å²) in [4.78, 5) is 52.3. The number of aliphatic hydroxyl groups excluding tert-OH is 1. The van der Waals surface area contributed by atoms with Gasteiger partial charge in [0.2, 0.25) is 17.7 Å². The fourth-order valence-electron chi connectivity index (χ4n) is 4.44. The molecule has 0 radical (unpaired) electrons. The average Bonchev–Trinajstić information content (AvgIpc) is 3.38. The number of likely N-dealkylation sites (tertiary alicyclic amines) is 1. The summed E-state index contributed by atoms with van der Waals surface area (Å²) in [5.41, 5.74) is 7.44. The molecule has 2 aromatic rings. The van der Waals surface area contributed by atoms with Gasteiger partial charge in [0.05, 0.1) is 12.1 Å². The summed E-state index contributed by atoms with van der Waals surface area (Å²) in [5, 5.41) is 34.3. The Morgan fingerprint density at radius 2 is 1.61 bits per heavy atom. The Kier molecular flexibility index (Phi) is 9.80. The molecule has 204 valence electrons. The minimum Gasteiger partial charge on any atom is -0.508 e. The number of amides is 3. The number of nitrogens with one attached hydrogen (secondary N) is 2. The number of aliphatic carboxylic acids is 1. The number of nitrogens with zero attached hydrogens (tertiary/aromatic N) is 1. The molecule has 1 heterocycles. The highest BCUT2D eigenvalue weighted by Gasteiger charge is 2.39. The number of aromatic hydroxyl groups is 1. The summed E-state index contributed by atoms with van der Waals surface area (Å²) in [7, 11) is 0. The van der Waals surface area contributed by atoms with Crippen molar-refractivity contribution in [3.63, 3.8) is 0 Å². The predicted molar refractivity (Wildman–Crippen MR) is 138 cm³/mol. The topological polar surface area (TPSA) is 182 Å². The molecule has 1 aliphatic rings. The number of carbonyl (C=O) groups excluding carboxylic acids is 3. The summed E-state index contributed by atoms with van der Waals surface area (Å²) in [5.74, 6) is -3.08. The number of phenolic OH excluding ortho intramolecular Hbond substituents is 1. The van der Waals surface area contributed by atoms with Crippen molar-refractivity contribution in [2.45, 2.75) is 62.9 Å². The van der Waals surface area contributed by atoms with E-state index in [0.717, 1.165) is 5.56 Å². The number of nitrogens with two attached hydrogens (primary N) is 1. The minimum absolute atomic E-state index is 0.0702. The van der Waals surface area contributed by atoms with E-state index in [1.807, 2.05) is 0 Å². The molecule has 0 aliphatic carbocycles. The third-order valence-corrected chi connectivity index (χ3v) is 6.51. The molecule has 11 heteroatoms. The highest BCUT2D eigenvalue weighted by Crippen LogP contribution is 2.20. The van der Waals surface area contributed by atoms with Gasteiger partial charge in [-0.25, -0.2) is 4.79 Å². The number of carbonyl (C=O) groups is 4. The fourth-order valence-corrected chi connectivity index (χ4v) is 4.44. The Bertz CT molecular complexity index is 1120. The van der Waals surface area contributed by atoms with Gasteiger partial charge >= 0.3 is 5.97 Å². The van der Waals surface area contributed by atoms with Crippen LogP contribution in [-0.4, -0.2) is 80.7 Å². The molecule has 5 atom stereocenters. The normalized spacial score (nSPS) is 18.2. The van der Waals surface area contributed by atoms with E-state index in [0.29, 0.717) is 18.4 Å². The van der Waals surface area contributed by atoms with Gasteiger partial charge in [-0.2, -0.15) is 0 Å². The van der Waals surface area contributed by atoms with Crippen molar-refractivity contribution in [2.75, 3.05) is 6.54 Å². The van der Waals surface area contributed by atoms with Gasteiger partial charge in [-0.3, -0.25) is 14.4 Å². The molecule has 2 aromatic carbocycles. The molecule has 1 aliphatic heterocycles. The van der Waals surface area contributed by atoms with Crippen LogP contribution < -0.4 is 16.4 Å². The summed E-state index contributed by atoms with van der Waals surface area (Å²) in [6.07, 6.45) is -0.250. The summed E-state index contributed by atoms with van der Waals surface area (Å²) in [6, 6.07) is 10.5. The molecular weight excluding hydrogens is 492 g/mol. The van der Waals surface area contributed by atoms with Crippen LogP contribution in [0.15, 0.2) is 54.6 Å². The van der Waals surface area contributed by atoms with Gasteiger partial charge < -0.3 is 36.6 Å². The van der Waals surface area contributed by atoms with E-state index in [4.69, 9.17) is 5.73 Å². The molecule has 3 rings (SSSR count). The molecule has 0 bridgehead atoms. The maximum atomic E-state index is 13.4. The van der Waals surface area contributed by atoms with E-state index in [2.05, 4.69) is 10.6 Å². The van der Waals surface area contributed by atoms with E-state index in [9.17, 15) is 34.5 Å². The Labute approximate surface area is 220 Å². The summed E-state index contributed by atoms with van der Waals surface area (Å²) in [6.45, 7) is 1.57. The van der Waals surface area contributed by atoms with Crippen LogP contribution in [0.25, 0.3) is 0 Å². The predicted octanol–water partition coefficient (Wildman–Crippen LogP) is -0.0693. The van der Waals surface area contributed by atoms with Crippen molar-refractivity contribution in [2.24, 2.45) is 5.73 Å². The highest BCUT2D eigenvalue weighted by molar-refractivity contribution is 5.94. The second-order valence-electron chi connectivity index (χ2n) is 9.48. The standard InChI is InChI=1S/C27H34N4O7/c1-16(32)23(30-24(34)20(28)14-18-9-11-19(33)12-10-18)25(35)29-21(15-17-6-3-2-4-7-17)26(36)31-13-5-8-22(31)27(37)38/h2-4,6-7,9-12,16,20-23,32-33H,5,8,13-15,28H2,1H3,(H,29,35)(H,30,34)(H,37,38). The van der Waals surface area contributed by atoms with E-state index < -0.39 is 54.0 Å². The lowest BCUT2D eigenvalue weighted by atomic mass is 10.0. The first-order valence-corrected chi connectivity index (χ1v) is 12.5. The number of carboxylic acid groups (broad SMARTS) is 1. The molecule has 3 amide bonds. The number of aliphatic hydroxyl groups is 1. The van der Waals surface area contributed by atoms with Crippen molar-refractivity contribution in [1.82, 2.24) is 15.5 Å². The second kappa shape index (κ2) is 13.0. The van der Waals surface area contributed by atoms with Crippen LogP contribution >= 0.6 is 0 Å². The first kappa shape index (κ1) is 28.6. The third kappa shape index (κ3) is 7.53. The zero-order chi connectivity index (χ0) is 27.8. The van der Waals surface area contributed by atoms with E-state index >= 15 is 0 Å². The molecule has 38 heavy (non-hydrogen) atoms. The van der Waals surface area contributed by atoms with Crippen LogP contribution in [0.4, 0.5) is 0 Å². The molecule has 1 fully saturated rings. The van der Waals surface area contributed by atoms with Crippen molar-refractivity contribution in [3.8, 4) is 5.75 Å². The third-order valence-electron chi connectivity index (χ3n) is 6.51. The molecule has 7 N–H and O–H groups in total.